The standard InChI is InChI=1S/C13H24N2O3S/c1-10(5-6-12(16)17)8-14-13(18)15-9-11-4-2-3-7-19-11/h10-11H,2-9H2,1H3,(H,16,17)(H2,14,15,18). The van der Waals surface area contributed by atoms with Crippen LogP contribution in [0.2, 0.25) is 0 Å². The first-order chi connectivity index (χ1) is 9.08. The van der Waals surface area contributed by atoms with Gasteiger partial charge in [0.25, 0.3) is 0 Å². The van der Waals surface area contributed by atoms with Crippen LogP contribution in [-0.4, -0.2) is 41.2 Å². The molecule has 1 saturated heterocycles. The summed E-state index contributed by atoms with van der Waals surface area (Å²) in [5.74, 6) is 0.594. The first-order valence-electron chi connectivity index (χ1n) is 6.93. The van der Waals surface area contributed by atoms with Crippen molar-refractivity contribution in [2.45, 2.75) is 44.3 Å². The van der Waals surface area contributed by atoms with E-state index < -0.39 is 5.97 Å². The van der Waals surface area contributed by atoms with Crippen LogP contribution >= 0.6 is 11.8 Å². The monoisotopic (exact) mass is 288 g/mol. The normalized spacial score (nSPS) is 20.6. The van der Waals surface area contributed by atoms with Crippen LogP contribution in [0.5, 0.6) is 0 Å². The predicted molar refractivity (Wildman–Crippen MR) is 77.5 cm³/mol. The number of hydrogen-bond acceptors (Lipinski definition) is 3. The van der Waals surface area contributed by atoms with E-state index in [1.165, 1.54) is 25.0 Å². The highest BCUT2D eigenvalue weighted by Crippen LogP contribution is 2.24. The summed E-state index contributed by atoms with van der Waals surface area (Å²) >= 11 is 1.93. The van der Waals surface area contributed by atoms with E-state index in [2.05, 4.69) is 10.6 Å². The van der Waals surface area contributed by atoms with Crippen LogP contribution < -0.4 is 10.6 Å². The topological polar surface area (TPSA) is 78.4 Å². The molecule has 1 rings (SSSR count). The van der Waals surface area contributed by atoms with Crippen LogP contribution in [0.25, 0.3) is 0 Å². The van der Waals surface area contributed by atoms with Crippen LogP contribution in [0.15, 0.2) is 0 Å². The van der Waals surface area contributed by atoms with Gasteiger partial charge in [-0.25, -0.2) is 4.79 Å². The zero-order chi connectivity index (χ0) is 14.1. The van der Waals surface area contributed by atoms with E-state index in [-0.39, 0.29) is 18.4 Å². The molecule has 110 valence electrons. The largest absolute Gasteiger partial charge is 0.481 e. The minimum absolute atomic E-state index is 0.145. The van der Waals surface area contributed by atoms with E-state index in [1.54, 1.807) is 0 Å². The van der Waals surface area contributed by atoms with Gasteiger partial charge in [-0.05, 0) is 30.9 Å². The summed E-state index contributed by atoms with van der Waals surface area (Å²) in [5.41, 5.74) is 0. The molecule has 1 heterocycles. The lowest BCUT2D eigenvalue weighted by Gasteiger charge is -2.21. The molecule has 2 atom stereocenters. The minimum Gasteiger partial charge on any atom is -0.481 e. The molecule has 0 spiro atoms. The molecule has 0 bridgehead atoms. The Hall–Kier alpha value is -0.910. The highest BCUT2D eigenvalue weighted by molar-refractivity contribution is 7.99. The third-order valence-corrected chi connectivity index (χ3v) is 4.62. The Morgan fingerprint density at radius 3 is 2.79 bits per heavy atom. The summed E-state index contributed by atoms with van der Waals surface area (Å²) in [4.78, 5) is 22.0. The van der Waals surface area contributed by atoms with Crippen molar-refractivity contribution in [2.24, 2.45) is 5.92 Å². The zero-order valence-electron chi connectivity index (χ0n) is 11.5. The number of carboxylic acid groups (broad SMARTS) is 1. The van der Waals surface area contributed by atoms with Crippen LogP contribution in [0.4, 0.5) is 4.79 Å². The number of aliphatic carboxylic acids is 1. The Morgan fingerprint density at radius 1 is 1.37 bits per heavy atom. The van der Waals surface area contributed by atoms with Gasteiger partial charge in [-0.1, -0.05) is 13.3 Å². The summed E-state index contributed by atoms with van der Waals surface area (Å²) in [7, 11) is 0. The van der Waals surface area contributed by atoms with Gasteiger partial charge in [0.05, 0.1) is 0 Å². The lowest BCUT2D eigenvalue weighted by molar-refractivity contribution is -0.137. The number of amides is 2. The van der Waals surface area contributed by atoms with Crippen LogP contribution in [0.3, 0.4) is 0 Å². The summed E-state index contributed by atoms with van der Waals surface area (Å²) < 4.78 is 0. The van der Waals surface area contributed by atoms with E-state index in [0.29, 0.717) is 18.2 Å². The number of urea groups is 1. The van der Waals surface area contributed by atoms with Crippen LogP contribution in [-0.2, 0) is 4.79 Å². The van der Waals surface area contributed by atoms with E-state index in [9.17, 15) is 9.59 Å². The second-order valence-electron chi connectivity index (χ2n) is 5.12. The van der Waals surface area contributed by atoms with E-state index in [4.69, 9.17) is 5.11 Å². The van der Waals surface area contributed by atoms with Gasteiger partial charge in [0.1, 0.15) is 0 Å². The lowest BCUT2D eigenvalue weighted by Crippen LogP contribution is -2.41. The molecule has 1 aliphatic rings. The number of carbonyl (C=O) groups excluding carboxylic acids is 1. The summed E-state index contributed by atoms with van der Waals surface area (Å²) in [6.45, 7) is 3.19. The van der Waals surface area contributed by atoms with Gasteiger partial charge in [0.2, 0.25) is 0 Å². The van der Waals surface area contributed by atoms with Crippen molar-refractivity contribution in [1.82, 2.24) is 10.6 Å². The average Bonchev–Trinajstić information content (AvgIpc) is 2.41. The molecule has 0 aromatic heterocycles. The maximum atomic E-state index is 11.6. The number of thioether (sulfide) groups is 1. The van der Waals surface area contributed by atoms with Crippen LogP contribution in [0.1, 0.15) is 39.0 Å². The van der Waals surface area contributed by atoms with E-state index in [1.807, 2.05) is 18.7 Å². The van der Waals surface area contributed by atoms with Crippen LogP contribution in [0, 0.1) is 5.92 Å². The van der Waals surface area contributed by atoms with Crippen molar-refractivity contribution in [2.75, 3.05) is 18.8 Å². The molecule has 0 aromatic rings. The first kappa shape index (κ1) is 16.1. The third kappa shape index (κ3) is 7.97. The highest BCUT2D eigenvalue weighted by Gasteiger charge is 2.14. The fraction of sp³-hybridized carbons (Fsp3) is 0.846. The van der Waals surface area contributed by atoms with Gasteiger partial charge in [0.15, 0.2) is 0 Å². The van der Waals surface area contributed by atoms with Crippen molar-refractivity contribution < 1.29 is 14.7 Å². The molecule has 2 amide bonds. The molecule has 1 fully saturated rings. The minimum atomic E-state index is -0.786. The molecule has 5 nitrogen and oxygen atoms in total. The third-order valence-electron chi connectivity index (χ3n) is 3.23. The number of hydrogen-bond donors (Lipinski definition) is 3. The molecule has 0 aromatic carbocycles. The number of nitrogens with one attached hydrogen (secondary N) is 2. The highest BCUT2D eigenvalue weighted by atomic mass is 32.2. The Morgan fingerprint density at radius 2 is 2.16 bits per heavy atom. The Kier molecular flexibility index (Phi) is 7.70. The molecule has 0 radical (unpaired) electrons. The van der Waals surface area contributed by atoms with E-state index >= 15 is 0 Å². The van der Waals surface area contributed by atoms with Gasteiger partial charge in [-0.3, -0.25) is 4.79 Å². The van der Waals surface area contributed by atoms with Gasteiger partial charge in [-0.2, -0.15) is 11.8 Å². The van der Waals surface area contributed by atoms with Gasteiger partial charge in [-0.15, -0.1) is 0 Å². The smallest absolute Gasteiger partial charge is 0.314 e. The number of carboxylic acids is 1. The Bertz CT molecular complexity index is 294. The molecule has 2 unspecified atom stereocenters. The quantitative estimate of drug-likeness (QED) is 0.670. The van der Waals surface area contributed by atoms with Crippen molar-refractivity contribution in [3.05, 3.63) is 0 Å². The maximum Gasteiger partial charge on any atom is 0.314 e. The molecule has 1 aliphatic heterocycles. The van der Waals surface area contributed by atoms with Crippen molar-refractivity contribution >= 4 is 23.8 Å². The van der Waals surface area contributed by atoms with Crippen molar-refractivity contribution in [1.29, 1.82) is 0 Å². The summed E-state index contributed by atoms with van der Waals surface area (Å²) in [6, 6.07) is -0.145. The van der Waals surface area contributed by atoms with Gasteiger partial charge in [0, 0.05) is 24.8 Å². The molecule has 19 heavy (non-hydrogen) atoms. The fourth-order valence-corrected chi connectivity index (χ4v) is 3.21. The second kappa shape index (κ2) is 9.07. The molecule has 6 heteroatoms. The van der Waals surface area contributed by atoms with Gasteiger partial charge >= 0.3 is 12.0 Å². The number of rotatable bonds is 7. The Labute approximate surface area is 118 Å². The van der Waals surface area contributed by atoms with Crippen molar-refractivity contribution in [3.8, 4) is 0 Å². The average molecular weight is 288 g/mol. The predicted octanol–water partition coefficient (Wildman–Crippen LogP) is 2.07. The molecule has 0 aliphatic carbocycles. The van der Waals surface area contributed by atoms with Gasteiger partial charge < -0.3 is 15.7 Å². The molecular weight excluding hydrogens is 264 g/mol. The fourth-order valence-electron chi connectivity index (χ4n) is 1.98. The molecule has 0 saturated carbocycles. The maximum absolute atomic E-state index is 11.6. The summed E-state index contributed by atoms with van der Waals surface area (Å²) in [6.07, 6.45) is 4.47. The zero-order valence-corrected chi connectivity index (χ0v) is 12.3. The first-order valence-corrected chi connectivity index (χ1v) is 7.98. The summed E-state index contributed by atoms with van der Waals surface area (Å²) in [5, 5.41) is 14.8. The number of carbonyl (C=O) groups is 2. The second-order valence-corrected chi connectivity index (χ2v) is 6.53. The lowest BCUT2D eigenvalue weighted by atomic mass is 10.1. The van der Waals surface area contributed by atoms with Crippen molar-refractivity contribution in [3.63, 3.8) is 0 Å². The van der Waals surface area contributed by atoms with E-state index in [0.717, 1.165) is 6.54 Å². The molecule has 3 N–H and O–H groups in total. The SMILES string of the molecule is CC(CCC(=O)O)CNC(=O)NCC1CCCCS1. The molecular formula is C13H24N2O3S. The Balaban J connectivity index is 2.05.